The maximum atomic E-state index is 13.3. The standard InChI is InChI=1S/C19H19FN4O3/c1-11(12-5-7-15(8-6-12)23-19(21)26)22-18(25)17-10-16(24-27-17)13-3-2-4-14(20)9-13/h2-9,11,17H,10H2,1H3,(H,22,25)(H3,21,23,26)/t11-,17-/m0/s1. The molecule has 1 heterocycles. The summed E-state index contributed by atoms with van der Waals surface area (Å²) in [4.78, 5) is 28.5. The third-order valence-corrected chi connectivity index (χ3v) is 4.16. The number of primary amides is 1. The number of hydrogen-bond acceptors (Lipinski definition) is 4. The van der Waals surface area contributed by atoms with Gasteiger partial charge in [-0.25, -0.2) is 9.18 Å². The first-order valence-electron chi connectivity index (χ1n) is 8.38. The lowest BCUT2D eigenvalue weighted by molar-refractivity contribution is -0.131. The van der Waals surface area contributed by atoms with Crippen molar-refractivity contribution in [3.63, 3.8) is 0 Å². The van der Waals surface area contributed by atoms with Gasteiger partial charge in [0.2, 0.25) is 6.10 Å². The Morgan fingerprint density at radius 3 is 2.67 bits per heavy atom. The zero-order valence-corrected chi connectivity index (χ0v) is 14.6. The van der Waals surface area contributed by atoms with Gasteiger partial charge in [-0.1, -0.05) is 29.4 Å². The van der Waals surface area contributed by atoms with Crippen molar-refractivity contribution in [3.05, 3.63) is 65.5 Å². The largest absolute Gasteiger partial charge is 0.382 e. The number of rotatable bonds is 5. The van der Waals surface area contributed by atoms with Gasteiger partial charge in [0.25, 0.3) is 5.91 Å². The van der Waals surface area contributed by atoms with E-state index in [9.17, 15) is 14.0 Å². The van der Waals surface area contributed by atoms with Gasteiger partial charge in [-0.2, -0.15) is 0 Å². The normalized spacial score (nSPS) is 16.8. The maximum Gasteiger partial charge on any atom is 0.316 e. The fraction of sp³-hybridized carbons (Fsp3) is 0.211. The summed E-state index contributed by atoms with van der Waals surface area (Å²) in [5.41, 5.74) is 7.61. The molecule has 0 saturated carbocycles. The van der Waals surface area contributed by atoms with Gasteiger partial charge in [0.05, 0.1) is 11.8 Å². The highest BCUT2D eigenvalue weighted by Crippen LogP contribution is 2.20. The molecule has 0 bridgehead atoms. The summed E-state index contributed by atoms with van der Waals surface area (Å²) in [6.45, 7) is 1.83. The lowest BCUT2D eigenvalue weighted by Crippen LogP contribution is -2.36. The molecule has 8 heteroatoms. The minimum Gasteiger partial charge on any atom is -0.382 e. The molecule has 0 fully saturated rings. The molecular weight excluding hydrogens is 351 g/mol. The molecule has 1 aliphatic heterocycles. The van der Waals surface area contributed by atoms with Crippen molar-refractivity contribution in [3.8, 4) is 0 Å². The Hall–Kier alpha value is -3.42. The van der Waals surface area contributed by atoms with Gasteiger partial charge < -0.3 is 21.2 Å². The maximum absolute atomic E-state index is 13.3. The monoisotopic (exact) mass is 370 g/mol. The molecule has 3 rings (SSSR count). The minimum absolute atomic E-state index is 0.267. The van der Waals surface area contributed by atoms with E-state index in [1.165, 1.54) is 12.1 Å². The van der Waals surface area contributed by atoms with Crippen molar-refractivity contribution in [1.82, 2.24) is 5.32 Å². The van der Waals surface area contributed by atoms with Crippen LogP contribution < -0.4 is 16.4 Å². The van der Waals surface area contributed by atoms with Crippen LogP contribution in [-0.2, 0) is 9.63 Å². The number of oxime groups is 1. The van der Waals surface area contributed by atoms with Gasteiger partial charge in [0, 0.05) is 17.7 Å². The quantitative estimate of drug-likeness (QED) is 0.753. The summed E-state index contributed by atoms with van der Waals surface area (Å²) >= 11 is 0. The minimum atomic E-state index is -0.762. The van der Waals surface area contributed by atoms with E-state index in [-0.39, 0.29) is 24.2 Å². The molecule has 0 radical (unpaired) electrons. The van der Waals surface area contributed by atoms with Crippen LogP contribution >= 0.6 is 0 Å². The van der Waals surface area contributed by atoms with Crippen molar-refractivity contribution in [2.45, 2.75) is 25.5 Å². The molecule has 0 saturated heterocycles. The second-order valence-electron chi connectivity index (χ2n) is 6.19. The van der Waals surface area contributed by atoms with Crippen molar-refractivity contribution in [1.29, 1.82) is 0 Å². The Balaban J connectivity index is 1.57. The number of anilines is 1. The van der Waals surface area contributed by atoms with Crippen LogP contribution in [0.2, 0.25) is 0 Å². The molecule has 0 spiro atoms. The van der Waals surface area contributed by atoms with Gasteiger partial charge in [-0.3, -0.25) is 4.79 Å². The summed E-state index contributed by atoms with van der Waals surface area (Å²) in [5, 5.41) is 9.23. The Bertz CT molecular complexity index is 883. The molecule has 27 heavy (non-hydrogen) atoms. The van der Waals surface area contributed by atoms with Crippen LogP contribution in [0.25, 0.3) is 0 Å². The molecular formula is C19H19FN4O3. The molecule has 2 aromatic carbocycles. The number of nitrogens with one attached hydrogen (secondary N) is 2. The van der Waals surface area contributed by atoms with E-state index < -0.39 is 12.1 Å². The molecule has 0 aromatic heterocycles. The second kappa shape index (κ2) is 7.86. The molecule has 3 amide bonds. The predicted molar refractivity (Wildman–Crippen MR) is 98.6 cm³/mol. The number of nitrogens with two attached hydrogens (primary N) is 1. The van der Waals surface area contributed by atoms with E-state index in [4.69, 9.17) is 10.6 Å². The van der Waals surface area contributed by atoms with E-state index in [0.717, 1.165) is 5.56 Å². The fourth-order valence-electron chi connectivity index (χ4n) is 2.74. The first-order chi connectivity index (χ1) is 12.9. The second-order valence-corrected chi connectivity index (χ2v) is 6.19. The van der Waals surface area contributed by atoms with E-state index in [0.29, 0.717) is 17.0 Å². The first kappa shape index (κ1) is 18.4. The Morgan fingerprint density at radius 1 is 1.26 bits per heavy atom. The van der Waals surface area contributed by atoms with Gasteiger partial charge in [0.1, 0.15) is 5.82 Å². The summed E-state index contributed by atoms with van der Waals surface area (Å²) in [7, 11) is 0. The number of hydrogen-bond donors (Lipinski definition) is 3. The number of amides is 3. The molecule has 0 aliphatic carbocycles. The fourth-order valence-corrected chi connectivity index (χ4v) is 2.74. The van der Waals surface area contributed by atoms with E-state index in [1.807, 2.05) is 6.92 Å². The van der Waals surface area contributed by atoms with Crippen LogP contribution in [0.15, 0.2) is 53.7 Å². The SMILES string of the molecule is C[C@H](NC(=O)[C@@H]1CC(c2cccc(F)c2)=NO1)c1ccc(NC(N)=O)cc1. The molecule has 2 atom stereocenters. The number of urea groups is 1. The van der Waals surface area contributed by atoms with Crippen molar-refractivity contribution in [2.24, 2.45) is 10.9 Å². The van der Waals surface area contributed by atoms with Gasteiger partial charge in [0.15, 0.2) is 0 Å². The lowest BCUT2D eigenvalue weighted by atomic mass is 10.0. The first-order valence-corrected chi connectivity index (χ1v) is 8.38. The van der Waals surface area contributed by atoms with Crippen molar-refractivity contribution >= 4 is 23.3 Å². The van der Waals surface area contributed by atoms with E-state index in [1.54, 1.807) is 36.4 Å². The molecule has 2 aromatic rings. The third-order valence-electron chi connectivity index (χ3n) is 4.16. The van der Waals surface area contributed by atoms with Gasteiger partial charge >= 0.3 is 6.03 Å². The summed E-state index contributed by atoms with van der Waals surface area (Å²) in [6.07, 6.45) is -0.495. The number of nitrogens with zero attached hydrogens (tertiary/aromatic N) is 1. The molecule has 140 valence electrons. The zero-order valence-electron chi connectivity index (χ0n) is 14.6. The molecule has 4 N–H and O–H groups in total. The molecule has 0 unspecified atom stereocenters. The zero-order chi connectivity index (χ0) is 19.4. The highest BCUT2D eigenvalue weighted by atomic mass is 19.1. The van der Waals surface area contributed by atoms with Gasteiger partial charge in [-0.05, 0) is 36.8 Å². The van der Waals surface area contributed by atoms with Crippen LogP contribution in [0, 0.1) is 5.82 Å². The van der Waals surface area contributed by atoms with Crippen LogP contribution in [0.4, 0.5) is 14.9 Å². The summed E-state index contributed by atoms with van der Waals surface area (Å²) < 4.78 is 13.3. The number of halogens is 1. The molecule has 7 nitrogen and oxygen atoms in total. The summed E-state index contributed by atoms with van der Waals surface area (Å²) in [6, 6.07) is 12.0. The van der Waals surface area contributed by atoms with Crippen LogP contribution in [0.5, 0.6) is 0 Å². The number of carbonyl (C=O) groups excluding carboxylic acids is 2. The predicted octanol–water partition coefficient (Wildman–Crippen LogP) is 2.69. The van der Waals surface area contributed by atoms with Gasteiger partial charge in [-0.15, -0.1) is 0 Å². The Kier molecular flexibility index (Phi) is 5.35. The highest BCUT2D eigenvalue weighted by molar-refractivity contribution is 6.04. The highest BCUT2D eigenvalue weighted by Gasteiger charge is 2.29. The van der Waals surface area contributed by atoms with Crippen molar-refractivity contribution < 1.29 is 18.8 Å². The number of benzene rings is 2. The number of carbonyl (C=O) groups is 2. The summed E-state index contributed by atoms with van der Waals surface area (Å²) in [5.74, 6) is -0.678. The van der Waals surface area contributed by atoms with Crippen LogP contribution in [0.3, 0.4) is 0 Å². The van der Waals surface area contributed by atoms with Crippen molar-refractivity contribution in [2.75, 3.05) is 5.32 Å². The third kappa shape index (κ3) is 4.60. The van der Waals surface area contributed by atoms with E-state index >= 15 is 0 Å². The van der Waals surface area contributed by atoms with E-state index in [2.05, 4.69) is 15.8 Å². The topological polar surface area (TPSA) is 106 Å². The van der Waals surface area contributed by atoms with Crippen LogP contribution in [0.1, 0.15) is 30.5 Å². The average molecular weight is 370 g/mol. The average Bonchev–Trinajstić information content (AvgIpc) is 3.12. The van der Waals surface area contributed by atoms with Crippen LogP contribution in [-0.4, -0.2) is 23.8 Å². The Morgan fingerprint density at radius 2 is 2.00 bits per heavy atom. The molecule has 1 aliphatic rings. The smallest absolute Gasteiger partial charge is 0.316 e. The Labute approximate surface area is 155 Å². The lowest BCUT2D eigenvalue weighted by Gasteiger charge is -2.17.